The molecule has 9 heteroatoms. The topological polar surface area (TPSA) is 76.7 Å². The van der Waals surface area contributed by atoms with E-state index >= 15 is 0 Å². The van der Waals surface area contributed by atoms with Gasteiger partial charge in [-0.15, -0.1) is 21.5 Å². The van der Waals surface area contributed by atoms with Gasteiger partial charge in [0.05, 0.1) is 5.75 Å². The number of hydrogen-bond acceptors (Lipinski definition) is 9. The minimum atomic E-state index is 0.572. The van der Waals surface area contributed by atoms with Crippen LogP contribution in [-0.2, 0) is 12.2 Å². The summed E-state index contributed by atoms with van der Waals surface area (Å²) in [4.78, 5) is 5.83. The van der Waals surface area contributed by atoms with E-state index in [0.29, 0.717) is 17.5 Å². The molecule has 138 valence electrons. The highest BCUT2D eigenvalue weighted by molar-refractivity contribution is 8.00. The zero-order valence-electron chi connectivity index (χ0n) is 14.6. The Hall–Kier alpha value is -2.23. The molecule has 0 saturated carbocycles. The zero-order chi connectivity index (χ0) is 18.5. The highest BCUT2D eigenvalue weighted by atomic mass is 32.2. The van der Waals surface area contributed by atoms with Crippen LogP contribution < -0.4 is 5.32 Å². The molecule has 4 aromatic rings. The molecule has 27 heavy (non-hydrogen) atoms. The molecule has 6 nitrogen and oxygen atoms in total. The van der Waals surface area contributed by atoms with Crippen LogP contribution in [0.25, 0.3) is 11.4 Å². The van der Waals surface area contributed by atoms with E-state index in [4.69, 9.17) is 4.52 Å². The molecule has 3 heterocycles. The number of nitrogens with zero attached hydrogens (tertiary/aromatic N) is 4. The van der Waals surface area contributed by atoms with Crippen molar-refractivity contribution in [3.8, 4) is 11.4 Å². The van der Waals surface area contributed by atoms with Crippen LogP contribution in [0.3, 0.4) is 0 Å². The Kier molecular flexibility index (Phi) is 5.81. The number of anilines is 1. The second-order valence-electron chi connectivity index (χ2n) is 5.80. The largest absolute Gasteiger partial charge is 0.360 e. The molecular weight excluding hydrogens is 398 g/mol. The van der Waals surface area contributed by atoms with Crippen molar-refractivity contribution in [3.63, 3.8) is 0 Å². The van der Waals surface area contributed by atoms with E-state index in [1.807, 2.05) is 31.2 Å². The maximum atomic E-state index is 5.35. The second kappa shape index (κ2) is 8.64. The lowest BCUT2D eigenvalue weighted by molar-refractivity contribution is 0.391. The first kappa shape index (κ1) is 18.1. The molecule has 1 N–H and O–H groups in total. The standard InChI is InChI=1S/C18H17N5OS3/c1-12-4-2-5-13(10-12)16-20-15(24-23-16)11-26-18-22-21-17(27-18)19-8-7-14-6-3-9-25-14/h2-6,9-10H,7-8,11H2,1H3,(H,19,21). The summed E-state index contributed by atoms with van der Waals surface area (Å²) in [5, 5.41) is 18.7. The van der Waals surface area contributed by atoms with Crippen LogP contribution in [0, 0.1) is 6.92 Å². The number of hydrogen-bond donors (Lipinski definition) is 1. The monoisotopic (exact) mass is 415 g/mol. The SMILES string of the molecule is Cc1cccc(-c2noc(CSc3nnc(NCCc4cccs4)s3)n2)c1. The van der Waals surface area contributed by atoms with Gasteiger partial charge in [-0.25, -0.2) is 0 Å². The van der Waals surface area contributed by atoms with Crippen molar-refractivity contribution in [3.05, 3.63) is 58.1 Å². The fourth-order valence-electron chi connectivity index (χ4n) is 2.43. The zero-order valence-corrected chi connectivity index (χ0v) is 17.0. The van der Waals surface area contributed by atoms with Gasteiger partial charge in [0.1, 0.15) is 0 Å². The van der Waals surface area contributed by atoms with Crippen molar-refractivity contribution in [2.45, 2.75) is 23.4 Å². The fraction of sp³-hybridized carbons (Fsp3) is 0.222. The number of nitrogens with one attached hydrogen (secondary N) is 1. The van der Waals surface area contributed by atoms with Gasteiger partial charge in [-0.2, -0.15) is 4.98 Å². The third-order valence-electron chi connectivity index (χ3n) is 3.70. The van der Waals surface area contributed by atoms with Gasteiger partial charge in [0.25, 0.3) is 0 Å². The summed E-state index contributed by atoms with van der Waals surface area (Å²) in [5.74, 6) is 1.77. The Balaban J connectivity index is 1.28. The van der Waals surface area contributed by atoms with Crippen LogP contribution in [0.15, 0.2) is 50.6 Å². The summed E-state index contributed by atoms with van der Waals surface area (Å²) in [6, 6.07) is 12.3. The minimum absolute atomic E-state index is 0.572. The van der Waals surface area contributed by atoms with E-state index in [2.05, 4.69) is 43.2 Å². The minimum Gasteiger partial charge on any atom is -0.360 e. The van der Waals surface area contributed by atoms with E-state index in [1.54, 1.807) is 23.1 Å². The molecule has 0 aliphatic carbocycles. The van der Waals surface area contributed by atoms with Gasteiger partial charge in [-0.1, -0.05) is 58.1 Å². The smallest absolute Gasteiger partial charge is 0.237 e. The van der Waals surface area contributed by atoms with Gasteiger partial charge >= 0.3 is 0 Å². The van der Waals surface area contributed by atoms with Crippen molar-refractivity contribution >= 4 is 39.6 Å². The summed E-state index contributed by atoms with van der Waals surface area (Å²) in [7, 11) is 0. The van der Waals surface area contributed by atoms with Crippen LogP contribution in [-0.4, -0.2) is 26.9 Å². The van der Waals surface area contributed by atoms with Crippen molar-refractivity contribution in [1.29, 1.82) is 0 Å². The van der Waals surface area contributed by atoms with Crippen molar-refractivity contribution in [2.75, 3.05) is 11.9 Å². The Morgan fingerprint density at radius 3 is 3.00 bits per heavy atom. The molecule has 0 spiro atoms. The predicted octanol–water partition coefficient (Wildman–Crippen LogP) is 4.90. The van der Waals surface area contributed by atoms with Crippen molar-refractivity contribution in [1.82, 2.24) is 20.3 Å². The average molecular weight is 416 g/mol. The quantitative estimate of drug-likeness (QED) is 0.410. The van der Waals surface area contributed by atoms with Gasteiger partial charge in [0.2, 0.25) is 16.8 Å². The number of rotatable bonds is 8. The molecule has 0 fully saturated rings. The maximum Gasteiger partial charge on any atom is 0.237 e. The normalized spacial score (nSPS) is 11.0. The highest BCUT2D eigenvalue weighted by Gasteiger charge is 2.11. The molecule has 1 aromatic carbocycles. The van der Waals surface area contributed by atoms with Crippen molar-refractivity contribution < 1.29 is 4.52 Å². The molecule has 0 radical (unpaired) electrons. The molecular formula is C18H17N5OS3. The first-order valence-electron chi connectivity index (χ1n) is 8.38. The van der Waals surface area contributed by atoms with Crippen LogP contribution in [0.1, 0.15) is 16.3 Å². The summed E-state index contributed by atoms with van der Waals surface area (Å²) in [5.41, 5.74) is 2.13. The summed E-state index contributed by atoms with van der Waals surface area (Å²) < 4.78 is 6.23. The molecule has 0 aliphatic rings. The van der Waals surface area contributed by atoms with E-state index in [9.17, 15) is 0 Å². The Labute approximate surface area is 169 Å². The first-order chi connectivity index (χ1) is 13.3. The third kappa shape index (κ3) is 4.94. The van der Waals surface area contributed by atoms with Gasteiger partial charge in [-0.3, -0.25) is 0 Å². The summed E-state index contributed by atoms with van der Waals surface area (Å²) in [6.45, 7) is 2.89. The third-order valence-corrected chi connectivity index (χ3v) is 6.63. The fourth-order valence-corrected chi connectivity index (χ4v) is 4.75. The Morgan fingerprint density at radius 2 is 2.15 bits per heavy atom. The Morgan fingerprint density at radius 1 is 1.19 bits per heavy atom. The molecule has 0 aliphatic heterocycles. The van der Waals surface area contributed by atoms with Crippen LogP contribution >= 0.6 is 34.4 Å². The number of thiophene rings is 1. The average Bonchev–Trinajstić information content (AvgIpc) is 3.42. The van der Waals surface area contributed by atoms with E-state index < -0.39 is 0 Å². The lowest BCUT2D eigenvalue weighted by Gasteiger charge is -1.98. The number of benzene rings is 1. The number of aromatic nitrogens is 4. The Bertz CT molecular complexity index is 996. The van der Waals surface area contributed by atoms with Gasteiger partial charge in [0, 0.05) is 17.0 Å². The second-order valence-corrected chi connectivity index (χ2v) is 9.03. The van der Waals surface area contributed by atoms with E-state index in [1.165, 1.54) is 21.8 Å². The van der Waals surface area contributed by atoms with Crippen molar-refractivity contribution in [2.24, 2.45) is 0 Å². The molecule has 0 unspecified atom stereocenters. The maximum absolute atomic E-state index is 5.35. The van der Waals surface area contributed by atoms with E-state index in [0.717, 1.165) is 28.0 Å². The van der Waals surface area contributed by atoms with Gasteiger partial charge in [-0.05, 0) is 30.9 Å². The molecule has 0 amide bonds. The van der Waals surface area contributed by atoms with Crippen LogP contribution in [0.5, 0.6) is 0 Å². The summed E-state index contributed by atoms with van der Waals surface area (Å²) in [6.07, 6.45) is 0.990. The van der Waals surface area contributed by atoms with Crippen LogP contribution in [0.2, 0.25) is 0 Å². The highest BCUT2D eigenvalue weighted by Crippen LogP contribution is 2.28. The lowest BCUT2D eigenvalue weighted by Crippen LogP contribution is -2.03. The molecule has 0 bridgehead atoms. The molecule has 4 rings (SSSR count). The van der Waals surface area contributed by atoms with E-state index in [-0.39, 0.29) is 0 Å². The van der Waals surface area contributed by atoms with Gasteiger partial charge in [0.15, 0.2) is 4.34 Å². The van der Waals surface area contributed by atoms with Crippen LogP contribution in [0.4, 0.5) is 5.13 Å². The number of aryl methyl sites for hydroxylation is 1. The molecule has 3 aromatic heterocycles. The molecule has 0 atom stereocenters. The predicted molar refractivity (Wildman–Crippen MR) is 110 cm³/mol. The first-order valence-corrected chi connectivity index (χ1v) is 11.1. The number of thioether (sulfide) groups is 1. The van der Waals surface area contributed by atoms with Gasteiger partial charge < -0.3 is 9.84 Å². The summed E-state index contributed by atoms with van der Waals surface area (Å²) >= 11 is 4.86. The lowest BCUT2D eigenvalue weighted by atomic mass is 10.1. The molecule has 0 saturated heterocycles.